The minimum absolute atomic E-state index is 0.280. The van der Waals surface area contributed by atoms with Gasteiger partial charge in [0.25, 0.3) is 4.90 Å². The van der Waals surface area contributed by atoms with Gasteiger partial charge in [0.1, 0.15) is 5.75 Å². The molecule has 0 saturated heterocycles. The fraction of sp³-hybridized carbons (Fsp3) is 0.250. The lowest BCUT2D eigenvalue weighted by molar-refractivity contribution is 0.466. The highest BCUT2D eigenvalue weighted by Gasteiger charge is 2.10. The Labute approximate surface area is 69.4 Å². The Balaban J connectivity index is 3.31. The number of hydrogen-bond donors (Lipinski definition) is 1. The van der Waals surface area contributed by atoms with Crippen LogP contribution in [0.4, 0.5) is 0 Å². The van der Waals surface area contributed by atoms with Crippen LogP contribution in [0.25, 0.3) is 0 Å². The predicted octanol–water partition coefficient (Wildman–Crippen LogP) is 1.80. The van der Waals surface area contributed by atoms with Crippen molar-refractivity contribution in [2.75, 3.05) is 0 Å². The molecule has 11 heavy (non-hydrogen) atoms. The zero-order chi connectivity index (χ0) is 8.43. The van der Waals surface area contributed by atoms with E-state index in [1.807, 2.05) is 0 Å². The predicted molar refractivity (Wildman–Crippen MR) is 43.9 cm³/mol. The molecule has 3 heteroatoms. The van der Waals surface area contributed by atoms with Crippen molar-refractivity contribution in [1.29, 1.82) is 0 Å². The van der Waals surface area contributed by atoms with Crippen LogP contribution in [0.2, 0.25) is 0 Å². The van der Waals surface area contributed by atoms with E-state index in [4.69, 9.17) is 0 Å². The average molecular weight is 169 g/mol. The third-order valence-electron chi connectivity index (χ3n) is 1.56. The summed E-state index contributed by atoms with van der Waals surface area (Å²) >= 11 is 0.445. The third-order valence-corrected chi connectivity index (χ3v) is 1.99. The Morgan fingerprint density at radius 2 is 1.73 bits per heavy atom. The second kappa shape index (κ2) is 2.96. The Kier molecular flexibility index (Phi) is 2.19. The highest BCUT2D eigenvalue weighted by Crippen LogP contribution is 2.22. The Morgan fingerprint density at radius 1 is 1.27 bits per heavy atom. The van der Waals surface area contributed by atoms with Crippen molar-refractivity contribution in [2.24, 2.45) is 0 Å². The van der Waals surface area contributed by atoms with E-state index in [2.05, 4.69) is 0 Å². The largest absolute Gasteiger partial charge is 0.507 e. The van der Waals surface area contributed by atoms with Crippen molar-refractivity contribution in [1.82, 2.24) is 0 Å². The van der Waals surface area contributed by atoms with Crippen molar-refractivity contribution in [3.8, 4) is 5.75 Å². The summed E-state index contributed by atoms with van der Waals surface area (Å²) < 4.78 is 10.4. The molecule has 2 nitrogen and oxygen atoms in total. The molecule has 0 radical (unpaired) electrons. The molecule has 0 aliphatic rings. The summed E-state index contributed by atoms with van der Waals surface area (Å²) in [5.74, 6) is 0.280. The van der Waals surface area contributed by atoms with Gasteiger partial charge < -0.3 is 5.11 Å². The minimum Gasteiger partial charge on any atom is -0.507 e. The maximum atomic E-state index is 10.4. The van der Waals surface area contributed by atoms with E-state index < -0.39 is 0 Å². The highest BCUT2D eigenvalue weighted by molar-refractivity contribution is 7.65. The van der Waals surface area contributed by atoms with Crippen molar-refractivity contribution in [3.63, 3.8) is 0 Å². The SMILES string of the molecule is Cc1cc([S+]=O)cc(C)c1O. The van der Waals surface area contributed by atoms with E-state index in [-0.39, 0.29) is 5.75 Å². The van der Waals surface area contributed by atoms with Gasteiger partial charge in [-0.05, 0) is 25.0 Å². The topological polar surface area (TPSA) is 37.3 Å². The minimum atomic E-state index is 0.280. The number of aryl methyl sites for hydroxylation is 2. The molecule has 1 aromatic rings. The summed E-state index contributed by atoms with van der Waals surface area (Å²) in [5, 5.41) is 9.31. The van der Waals surface area contributed by atoms with Crippen LogP contribution in [0.5, 0.6) is 5.75 Å². The molecule has 0 heterocycles. The molecule has 0 fully saturated rings. The molecule has 0 aliphatic carbocycles. The lowest BCUT2D eigenvalue weighted by Gasteiger charge is -1.98. The van der Waals surface area contributed by atoms with Gasteiger partial charge in [0.15, 0.2) is 0 Å². The van der Waals surface area contributed by atoms with Crippen molar-refractivity contribution in [2.45, 2.75) is 18.7 Å². The summed E-state index contributed by atoms with van der Waals surface area (Å²) in [5.41, 5.74) is 1.51. The standard InChI is InChI=1S/C8H8O2S/c1-5-3-7(11-10)4-6(2)8(5)9/h3-4H,1-2H3/p+1. The summed E-state index contributed by atoms with van der Waals surface area (Å²) in [6.45, 7) is 3.56. The summed E-state index contributed by atoms with van der Waals surface area (Å²) in [4.78, 5) is 0.651. The van der Waals surface area contributed by atoms with Gasteiger partial charge in [-0.3, -0.25) is 0 Å². The molecule has 0 spiro atoms. The van der Waals surface area contributed by atoms with Crippen molar-refractivity contribution < 1.29 is 9.32 Å². The first-order valence-electron chi connectivity index (χ1n) is 3.25. The van der Waals surface area contributed by atoms with Crippen LogP contribution >= 0.6 is 0 Å². The summed E-state index contributed by atoms with van der Waals surface area (Å²) in [6.07, 6.45) is 0. The van der Waals surface area contributed by atoms with Crippen LogP contribution in [0, 0.1) is 13.8 Å². The van der Waals surface area contributed by atoms with Crippen molar-refractivity contribution in [3.05, 3.63) is 23.3 Å². The second-order valence-corrected chi connectivity index (χ2v) is 3.13. The fourth-order valence-corrected chi connectivity index (χ4v) is 1.41. The maximum Gasteiger partial charge on any atom is 0.505 e. The number of phenols is 1. The van der Waals surface area contributed by atoms with Gasteiger partial charge in [-0.2, -0.15) is 0 Å². The zero-order valence-corrected chi connectivity index (χ0v) is 7.23. The van der Waals surface area contributed by atoms with E-state index in [0.717, 1.165) is 11.1 Å². The first kappa shape index (κ1) is 8.14. The first-order chi connectivity index (χ1) is 5.15. The van der Waals surface area contributed by atoms with Crippen LogP contribution in [-0.2, 0) is 15.9 Å². The molecular formula is C8H9O2S+. The van der Waals surface area contributed by atoms with E-state index >= 15 is 0 Å². The number of phenolic OH excluding ortho intramolecular Hbond substituents is 1. The Bertz CT molecular complexity index is 271. The molecule has 0 bridgehead atoms. The molecule has 0 atom stereocenters. The van der Waals surface area contributed by atoms with Gasteiger partial charge in [0.2, 0.25) is 0 Å². The van der Waals surface area contributed by atoms with E-state index in [1.165, 1.54) is 0 Å². The Hall–Kier alpha value is -0.960. The van der Waals surface area contributed by atoms with Gasteiger partial charge in [-0.25, -0.2) is 0 Å². The Morgan fingerprint density at radius 3 is 2.09 bits per heavy atom. The van der Waals surface area contributed by atoms with Gasteiger partial charge in [-0.1, -0.05) is 0 Å². The molecule has 0 unspecified atom stereocenters. The van der Waals surface area contributed by atoms with E-state index in [9.17, 15) is 9.32 Å². The lowest BCUT2D eigenvalue weighted by Crippen LogP contribution is -1.82. The van der Waals surface area contributed by atoms with Gasteiger partial charge >= 0.3 is 11.7 Å². The van der Waals surface area contributed by atoms with Gasteiger partial charge in [0.05, 0.1) is 0 Å². The molecule has 0 saturated carbocycles. The second-order valence-electron chi connectivity index (χ2n) is 2.49. The van der Waals surface area contributed by atoms with Crippen LogP contribution in [0.1, 0.15) is 11.1 Å². The maximum absolute atomic E-state index is 10.4. The fourth-order valence-electron chi connectivity index (χ4n) is 0.964. The van der Waals surface area contributed by atoms with E-state index in [1.54, 1.807) is 26.0 Å². The highest BCUT2D eigenvalue weighted by atomic mass is 32.1. The van der Waals surface area contributed by atoms with Crippen LogP contribution in [0.15, 0.2) is 17.0 Å². The van der Waals surface area contributed by atoms with Gasteiger partial charge in [-0.15, -0.1) is 0 Å². The smallest absolute Gasteiger partial charge is 0.505 e. The van der Waals surface area contributed by atoms with Crippen LogP contribution in [0.3, 0.4) is 0 Å². The first-order valence-corrected chi connectivity index (χ1v) is 3.99. The van der Waals surface area contributed by atoms with Crippen molar-refractivity contribution >= 4 is 11.7 Å². The van der Waals surface area contributed by atoms with Crippen LogP contribution < -0.4 is 0 Å². The summed E-state index contributed by atoms with van der Waals surface area (Å²) in [7, 11) is 0. The lowest BCUT2D eigenvalue weighted by atomic mass is 10.1. The monoisotopic (exact) mass is 169 g/mol. The molecule has 0 aliphatic heterocycles. The van der Waals surface area contributed by atoms with E-state index in [0.29, 0.717) is 16.6 Å². The normalized spacial score (nSPS) is 9.64. The number of rotatable bonds is 1. The molecule has 1 N–H and O–H groups in total. The quantitative estimate of drug-likeness (QED) is 0.651. The average Bonchev–Trinajstić information content (AvgIpc) is 1.99. The third kappa shape index (κ3) is 1.54. The molecular weight excluding hydrogens is 160 g/mol. The summed E-state index contributed by atoms with van der Waals surface area (Å²) in [6, 6.07) is 3.36. The molecule has 0 amide bonds. The zero-order valence-electron chi connectivity index (χ0n) is 6.42. The van der Waals surface area contributed by atoms with Gasteiger partial charge in [0, 0.05) is 16.3 Å². The molecule has 58 valence electrons. The molecule has 1 aromatic carbocycles. The number of aromatic hydroxyl groups is 1. The number of hydrogen-bond acceptors (Lipinski definition) is 2. The van der Waals surface area contributed by atoms with Crippen LogP contribution in [-0.4, -0.2) is 5.11 Å². The number of benzene rings is 1. The molecule has 1 rings (SSSR count). The molecule has 0 aromatic heterocycles.